The van der Waals surface area contributed by atoms with E-state index in [9.17, 15) is 18.0 Å². The molecule has 1 aromatic carbocycles. The van der Waals surface area contributed by atoms with Crippen LogP contribution < -0.4 is 5.32 Å². The summed E-state index contributed by atoms with van der Waals surface area (Å²) in [5.41, 5.74) is -0.0445. The molecule has 1 aliphatic carbocycles. The zero-order valence-corrected chi connectivity index (χ0v) is 14.5. The van der Waals surface area contributed by atoms with Crippen molar-refractivity contribution in [2.45, 2.75) is 52.3 Å². The molecule has 0 heterocycles. The van der Waals surface area contributed by atoms with E-state index >= 15 is 0 Å². The zero-order chi connectivity index (χ0) is 18.1. The average molecular weight is 343 g/mol. The molecule has 1 fully saturated rings. The molecule has 0 bridgehead atoms. The predicted molar refractivity (Wildman–Crippen MR) is 87.1 cm³/mol. The first-order valence-electron chi connectivity index (χ1n) is 8.18. The molecule has 2 rings (SSSR count). The van der Waals surface area contributed by atoms with Crippen LogP contribution in [0, 0.1) is 18.8 Å². The monoisotopic (exact) mass is 343 g/mol. The molecule has 1 saturated carbocycles. The van der Waals surface area contributed by atoms with Gasteiger partial charge in [-0.15, -0.1) is 0 Å². The number of hydrogen-bond acceptors (Lipinski definition) is 3. The van der Waals surface area contributed by atoms with E-state index in [2.05, 4.69) is 23.9 Å². The molecule has 0 saturated heterocycles. The Morgan fingerprint density at radius 1 is 1.17 bits per heavy atom. The average Bonchev–Trinajstić information content (AvgIpc) is 2.46. The fraction of sp³-hybridized carbons (Fsp3) is 0.611. The van der Waals surface area contributed by atoms with E-state index in [1.165, 1.54) is 7.11 Å². The van der Waals surface area contributed by atoms with Crippen molar-refractivity contribution in [3.05, 3.63) is 28.8 Å². The number of carbonyl (C=O) groups is 1. The Morgan fingerprint density at radius 2 is 1.75 bits per heavy atom. The summed E-state index contributed by atoms with van der Waals surface area (Å²) in [6.07, 6.45) is -1.56. The Morgan fingerprint density at radius 3 is 2.25 bits per heavy atom. The van der Waals surface area contributed by atoms with Crippen LogP contribution in [0.1, 0.15) is 54.6 Å². The number of anilines is 1. The van der Waals surface area contributed by atoms with Gasteiger partial charge >= 0.3 is 12.1 Å². The van der Waals surface area contributed by atoms with Gasteiger partial charge in [0, 0.05) is 11.7 Å². The zero-order valence-electron chi connectivity index (χ0n) is 14.5. The van der Waals surface area contributed by atoms with Gasteiger partial charge in [-0.25, -0.2) is 4.79 Å². The third kappa shape index (κ3) is 4.22. The third-order valence-electron chi connectivity index (χ3n) is 4.68. The second-order valence-corrected chi connectivity index (χ2v) is 6.94. The summed E-state index contributed by atoms with van der Waals surface area (Å²) in [7, 11) is 1.17. The molecule has 0 aliphatic heterocycles. The molecule has 3 atom stereocenters. The van der Waals surface area contributed by atoms with Crippen molar-refractivity contribution in [2.24, 2.45) is 11.8 Å². The van der Waals surface area contributed by atoms with Crippen LogP contribution in [0.25, 0.3) is 0 Å². The summed E-state index contributed by atoms with van der Waals surface area (Å²) in [5.74, 6) is 0.293. The Hall–Kier alpha value is -1.72. The third-order valence-corrected chi connectivity index (χ3v) is 4.68. The van der Waals surface area contributed by atoms with Gasteiger partial charge in [-0.1, -0.05) is 13.8 Å². The summed E-state index contributed by atoms with van der Waals surface area (Å²) in [5, 5.41) is 3.23. The lowest BCUT2D eigenvalue weighted by atomic mass is 9.80. The number of nitrogens with one attached hydrogen (secondary N) is 1. The van der Waals surface area contributed by atoms with Gasteiger partial charge in [0.25, 0.3) is 0 Å². The van der Waals surface area contributed by atoms with Crippen molar-refractivity contribution >= 4 is 11.7 Å². The van der Waals surface area contributed by atoms with Crippen LogP contribution in [-0.2, 0) is 10.9 Å². The minimum atomic E-state index is -4.51. The van der Waals surface area contributed by atoms with Crippen LogP contribution in [0.2, 0.25) is 0 Å². The number of hydrogen-bond donors (Lipinski definition) is 1. The van der Waals surface area contributed by atoms with Crippen LogP contribution >= 0.6 is 0 Å². The van der Waals surface area contributed by atoms with Crippen molar-refractivity contribution in [1.82, 2.24) is 0 Å². The van der Waals surface area contributed by atoms with Crippen molar-refractivity contribution < 1.29 is 22.7 Å². The smallest absolute Gasteiger partial charge is 0.416 e. The highest BCUT2D eigenvalue weighted by molar-refractivity contribution is 5.93. The van der Waals surface area contributed by atoms with Crippen molar-refractivity contribution in [1.29, 1.82) is 0 Å². The summed E-state index contributed by atoms with van der Waals surface area (Å²) in [4.78, 5) is 11.8. The van der Waals surface area contributed by atoms with Crippen molar-refractivity contribution in [3.8, 4) is 0 Å². The second kappa shape index (κ2) is 7.03. The highest BCUT2D eigenvalue weighted by atomic mass is 19.4. The van der Waals surface area contributed by atoms with E-state index < -0.39 is 17.7 Å². The number of halogens is 3. The summed E-state index contributed by atoms with van der Waals surface area (Å²) in [6.45, 7) is 5.96. The summed E-state index contributed by atoms with van der Waals surface area (Å²) >= 11 is 0. The maximum Gasteiger partial charge on any atom is 0.416 e. The maximum absolute atomic E-state index is 13.2. The molecule has 0 radical (unpaired) electrons. The van der Waals surface area contributed by atoms with Gasteiger partial charge in [-0.3, -0.25) is 0 Å². The first-order chi connectivity index (χ1) is 11.1. The van der Waals surface area contributed by atoms with Crippen molar-refractivity contribution in [2.75, 3.05) is 12.4 Å². The maximum atomic E-state index is 13.2. The SMILES string of the molecule is COC(=O)c1cc(C(F)(F)F)cc(NC2C[C@@H](C)C[C@@H](C)C2)c1C. The van der Waals surface area contributed by atoms with Gasteiger partial charge in [-0.05, 0) is 55.7 Å². The molecule has 3 nitrogen and oxygen atoms in total. The lowest BCUT2D eigenvalue weighted by molar-refractivity contribution is -0.137. The van der Waals surface area contributed by atoms with Crippen molar-refractivity contribution in [3.63, 3.8) is 0 Å². The van der Waals surface area contributed by atoms with Gasteiger partial charge < -0.3 is 10.1 Å². The predicted octanol–water partition coefficient (Wildman–Crippen LogP) is 5.04. The number of methoxy groups -OCH3 is 1. The molecular formula is C18H24F3NO2. The fourth-order valence-electron chi connectivity index (χ4n) is 3.63. The highest BCUT2D eigenvalue weighted by Crippen LogP contribution is 2.36. The molecule has 6 heteroatoms. The molecule has 0 spiro atoms. The standard InChI is InChI=1S/C18H24F3NO2/c1-10-5-11(2)7-14(6-10)22-16-9-13(18(19,20)21)8-15(12(16)3)17(23)24-4/h8-11,14,22H,5-7H2,1-4H3/t10-,11+,14?. The first kappa shape index (κ1) is 18.6. The van der Waals surface area contributed by atoms with E-state index in [1.807, 2.05) is 0 Å². The molecule has 1 N–H and O–H groups in total. The van der Waals surface area contributed by atoms with Crippen LogP contribution in [0.5, 0.6) is 0 Å². The van der Waals surface area contributed by atoms with Crippen LogP contribution in [0.15, 0.2) is 12.1 Å². The molecule has 24 heavy (non-hydrogen) atoms. The van der Waals surface area contributed by atoms with E-state index in [0.29, 0.717) is 23.1 Å². The number of benzene rings is 1. The summed E-state index contributed by atoms with van der Waals surface area (Å²) < 4.78 is 44.1. The highest BCUT2D eigenvalue weighted by Gasteiger charge is 2.33. The van der Waals surface area contributed by atoms with E-state index in [-0.39, 0.29) is 11.6 Å². The van der Waals surface area contributed by atoms with E-state index in [4.69, 9.17) is 0 Å². The Labute approximate surface area is 140 Å². The van der Waals surface area contributed by atoms with E-state index in [0.717, 1.165) is 31.4 Å². The van der Waals surface area contributed by atoms with Crippen LogP contribution in [0.4, 0.5) is 18.9 Å². The van der Waals surface area contributed by atoms with Gasteiger partial charge in [0.15, 0.2) is 0 Å². The topological polar surface area (TPSA) is 38.3 Å². The van der Waals surface area contributed by atoms with Gasteiger partial charge in [0.05, 0.1) is 18.2 Å². The van der Waals surface area contributed by atoms with Crippen LogP contribution in [-0.4, -0.2) is 19.1 Å². The molecule has 1 aliphatic rings. The quantitative estimate of drug-likeness (QED) is 0.782. The van der Waals surface area contributed by atoms with E-state index in [1.54, 1.807) is 6.92 Å². The number of esters is 1. The number of rotatable bonds is 3. The molecule has 1 aromatic rings. The molecular weight excluding hydrogens is 319 g/mol. The molecule has 0 amide bonds. The first-order valence-corrected chi connectivity index (χ1v) is 8.18. The Kier molecular flexibility index (Phi) is 5.45. The van der Waals surface area contributed by atoms with Gasteiger partial charge in [0.1, 0.15) is 0 Å². The lowest BCUT2D eigenvalue weighted by Crippen LogP contribution is -2.30. The molecule has 134 valence electrons. The number of carbonyl (C=O) groups excluding carboxylic acids is 1. The normalized spacial score (nSPS) is 24.5. The number of ether oxygens (including phenoxy) is 1. The van der Waals surface area contributed by atoms with Gasteiger partial charge in [0.2, 0.25) is 0 Å². The largest absolute Gasteiger partial charge is 0.465 e. The molecule has 0 aromatic heterocycles. The second-order valence-electron chi connectivity index (χ2n) is 6.94. The number of alkyl halides is 3. The minimum absolute atomic E-state index is 0.0493. The Balaban J connectivity index is 2.39. The van der Waals surface area contributed by atoms with Gasteiger partial charge in [-0.2, -0.15) is 13.2 Å². The fourth-order valence-corrected chi connectivity index (χ4v) is 3.63. The lowest BCUT2D eigenvalue weighted by Gasteiger charge is -2.33. The molecule has 1 unspecified atom stereocenters. The Bertz CT molecular complexity index is 603. The minimum Gasteiger partial charge on any atom is -0.465 e. The van der Waals surface area contributed by atoms with Crippen LogP contribution in [0.3, 0.4) is 0 Å². The summed E-state index contributed by atoms with van der Waals surface area (Å²) in [6, 6.07) is 2.06.